The predicted molar refractivity (Wildman–Crippen MR) is 95.9 cm³/mol. The fraction of sp³-hybridized carbons (Fsp3) is 0.588. The van der Waals surface area contributed by atoms with Gasteiger partial charge in [0.05, 0.1) is 12.0 Å². The predicted octanol–water partition coefficient (Wildman–Crippen LogP) is 4.32. The van der Waals surface area contributed by atoms with Gasteiger partial charge in [-0.1, -0.05) is 32.1 Å². The standard InChI is InChI=1S/C17H26O5S2/c1-22-17(18)9-7-5-3-2-4-6-8-14-23-15-10-12-16(13-11-15)24(19,20)21/h10-13H,2-9,14H2,1H3,(H,19,20,21). The van der Waals surface area contributed by atoms with Gasteiger partial charge in [-0.05, 0) is 42.9 Å². The van der Waals surface area contributed by atoms with Gasteiger partial charge in [0.15, 0.2) is 0 Å². The highest BCUT2D eigenvalue weighted by Crippen LogP contribution is 2.22. The maximum atomic E-state index is 10.9. The molecule has 0 radical (unpaired) electrons. The number of benzene rings is 1. The highest BCUT2D eigenvalue weighted by Gasteiger charge is 2.08. The Morgan fingerprint density at radius 3 is 2.08 bits per heavy atom. The SMILES string of the molecule is COC(=O)CCCCCCCCCSc1ccc(S(=O)(=O)O)cc1. The van der Waals surface area contributed by atoms with Gasteiger partial charge in [0, 0.05) is 11.3 Å². The first kappa shape index (κ1) is 21.0. The van der Waals surface area contributed by atoms with Gasteiger partial charge in [0.1, 0.15) is 0 Å². The Hall–Kier alpha value is -1.05. The molecule has 0 aliphatic carbocycles. The maximum Gasteiger partial charge on any atom is 0.305 e. The lowest BCUT2D eigenvalue weighted by Gasteiger charge is -2.04. The fourth-order valence-electron chi connectivity index (χ4n) is 2.26. The zero-order valence-corrected chi connectivity index (χ0v) is 15.7. The molecule has 0 bridgehead atoms. The van der Waals surface area contributed by atoms with Crippen LogP contribution in [0.4, 0.5) is 0 Å². The van der Waals surface area contributed by atoms with Gasteiger partial charge >= 0.3 is 5.97 Å². The van der Waals surface area contributed by atoms with E-state index in [1.165, 1.54) is 38.5 Å². The molecule has 0 heterocycles. The number of esters is 1. The van der Waals surface area contributed by atoms with E-state index in [-0.39, 0.29) is 10.9 Å². The van der Waals surface area contributed by atoms with E-state index in [2.05, 4.69) is 4.74 Å². The van der Waals surface area contributed by atoms with Crippen molar-refractivity contribution in [2.75, 3.05) is 12.9 Å². The number of hydrogen-bond donors (Lipinski definition) is 1. The quantitative estimate of drug-likeness (QED) is 0.254. The number of thioether (sulfide) groups is 1. The Labute approximate surface area is 148 Å². The summed E-state index contributed by atoms with van der Waals surface area (Å²) in [6.45, 7) is 0. The van der Waals surface area contributed by atoms with Gasteiger partial charge in [0.2, 0.25) is 0 Å². The molecule has 1 aromatic rings. The molecule has 1 rings (SSSR count). The minimum Gasteiger partial charge on any atom is -0.469 e. The topological polar surface area (TPSA) is 80.7 Å². The van der Waals surface area contributed by atoms with Gasteiger partial charge in [-0.3, -0.25) is 9.35 Å². The zero-order chi connectivity index (χ0) is 17.8. The monoisotopic (exact) mass is 374 g/mol. The molecule has 0 aliphatic heterocycles. The molecule has 0 unspecified atom stereocenters. The summed E-state index contributed by atoms with van der Waals surface area (Å²) in [6, 6.07) is 6.28. The van der Waals surface area contributed by atoms with E-state index < -0.39 is 10.1 Å². The second-order valence-corrected chi connectivity index (χ2v) is 8.19. The van der Waals surface area contributed by atoms with Crippen LogP contribution in [-0.4, -0.2) is 31.8 Å². The second kappa shape index (κ2) is 11.5. The molecular formula is C17H26O5S2. The van der Waals surface area contributed by atoms with Gasteiger partial charge in [-0.15, -0.1) is 11.8 Å². The number of hydrogen-bond acceptors (Lipinski definition) is 5. The normalized spacial score (nSPS) is 11.4. The average molecular weight is 375 g/mol. The number of rotatable bonds is 12. The van der Waals surface area contributed by atoms with Crippen LogP contribution in [-0.2, 0) is 19.6 Å². The minimum absolute atomic E-state index is 0.0703. The van der Waals surface area contributed by atoms with Crippen molar-refractivity contribution in [2.24, 2.45) is 0 Å². The Kier molecular flexibility index (Phi) is 10.1. The fourth-order valence-corrected chi connectivity index (χ4v) is 3.65. The third-order valence-corrected chi connectivity index (χ3v) is 5.61. The molecule has 0 saturated carbocycles. The molecule has 0 saturated heterocycles. The largest absolute Gasteiger partial charge is 0.469 e. The van der Waals surface area contributed by atoms with Gasteiger partial charge < -0.3 is 4.74 Å². The summed E-state index contributed by atoms with van der Waals surface area (Å²) >= 11 is 1.69. The third kappa shape index (κ3) is 9.30. The van der Waals surface area contributed by atoms with Crippen LogP contribution < -0.4 is 0 Å². The molecule has 1 N–H and O–H groups in total. The van der Waals surface area contributed by atoms with Crippen LogP contribution in [0.3, 0.4) is 0 Å². The summed E-state index contributed by atoms with van der Waals surface area (Å²) in [6.07, 6.45) is 8.33. The molecule has 0 atom stereocenters. The van der Waals surface area contributed by atoms with Crippen molar-refractivity contribution in [2.45, 2.75) is 61.2 Å². The molecule has 136 valence electrons. The summed E-state index contributed by atoms with van der Waals surface area (Å²) in [5.74, 6) is 0.866. The summed E-state index contributed by atoms with van der Waals surface area (Å²) in [5, 5.41) is 0. The molecule has 5 nitrogen and oxygen atoms in total. The molecule has 0 spiro atoms. The van der Waals surface area contributed by atoms with Crippen molar-refractivity contribution in [1.29, 1.82) is 0 Å². The summed E-state index contributed by atoms with van der Waals surface area (Å²) in [5.41, 5.74) is 0. The van der Waals surface area contributed by atoms with Crippen LogP contribution in [0.5, 0.6) is 0 Å². The third-order valence-electron chi connectivity index (χ3n) is 3.64. The van der Waals surface area contributed by atoms with E-state index in [1.807, 2.05) is 0 Å². The van der Waals surface area contributed by atoms with Crippen LogP contribution in [0, 0.1) is 0 Å². The first-order valence-electron chi connectivity index (χ1n) is 8.20. The maximum absolute atomic E-state index is 10.9. The lowest BCUT2D eigenvalue weighted by molar-refractivity contribution is -0.140. The van der Waals surface area contributed by atoms with Crippen molar-refractivity contribution in [1.82, 2.24) is 0 Å². The van der Waals surface area contributed by atoms with Crippen LogP contribution >= 0.6 is 11.8 Å². The lowest BCUT2D eigenvalue weighted by atomic mass is 10.1. The molecule has 0 amide bonds. The van der Waals surface area contributed by atoms with Crippen molar-refractivity contribution in [3.05, 3.63) is 24.3 Å². The average Bonchev–Trinajstić information content (AvgIpc) is 2.55. The molecule has 0 aromatic heterocycles. The summed E-state index contributed by atoms with van der Waals surface area (Å²) < 4.78 is 35.4. The highest BCUT2D eigenvalue weighted by molar-refractivity contribution is 7.99. The second-order valence-electron chi connectivity index (χ2n) is 5.60. The van der Waals surface area contributed by atoms with Gasteiger partial charge in [0.25, 0.3) is 10.1 Å². The van der Waals surface area contributed by atoms with Crippen LogP contribution in [0.2, 0.25) is 0 Å². The Bertz CT molecular complexity index is 582. The van der Waals surface area contributed by atoms with Crippen LogP contribution in [0.25, 0.3) is 0 Å². The molecule has 0 fully saturated rings. The summed E-state index contributed by atoms with van der Waals surface area (Å²) in [4.78, 5) is 11.9. The van der Waals surface area contributed by atoms with E-state index in [9.17, 15) is 13.2 Å². The molecule has 0 aliphatic rings. The first-order chi connectivity index (χ1) is 11.4. The Balaban J connectivity index is 2.01. The first-order valence-corrected chi connectivity index (χ1v) is 10.6. The van der Waals surface area contributed by atoms with Crippen molar-refractivity contribution >= 4 is 27.8 Å². The van der Waals surface area contributed by atoms with E-state index >= 15 is 0 Å². The van der Waals surface area contributed by atoms with Crippen molar-refractivity contribution < 1.29 is 22.5 Å². The van der Waals surface area contributed by atoms with Gasteiger partial charge in [-0.25, -0.2) is 0 Å². The lowest BCUT2D eigenvalue weighted by Crippen LogP contribution is -1.99. The number of unbranched alkanes of at least 4 members (excludes halogenated alkanes) is 6. The number of methoxy groups -OCH3 is 1. The van der Waals surface area contributed by atoms with Gasteiger partial charge in [-0.2, -0.15) is 8.42 Å². The highest BCUT2D eigenvalue weighted by atomic mass is 32.2. The molecule has 24 heavy (non-hydrogen) atoms. The minimum atomic E-state index is -4.10. The van der Waals surface area contributed by atoms with E-state index in [0.29, 0.717) is 6.42 Å². The van der Waals surface area contributed by atoms with E-state index in [1.54, 1.807) is 23.9 Å². The van der Waals surface area contributed by atoms with Crippen LogP contribution in [0.15, 0.2) is 34.1 Å². The van der Waals surface area contributed by atoms with E-state index in [4.69, 9.17) is 4.55 Å². The molecular weight excluding hydrogens is 348 g/mol. The summed E-state index contributed by atoms with van der Waals surface area (Å²) in [7, 11) is -2.68. The number of ether oxygens (including phenoxy) is 1. The number of carbonyl (C=O) groups excluding carboxylic acids is 1. The van der Waals surface area contributed by atoms with Crippen LogP contribution in [0.1, 0.15) is 51.4 Å². The number of carbonyl (C=O) groups is 1. The zero-order valence-electron chi connectivity index (χ0n) is 14.1. The smallest absolute Gasteiger partial charge is 0.305 e. The Morgan fingerprint density at radius 1 is 1.00 bits per heavy atom. The Morgan fingerprint density at radius 2 is 1.54 bits per heavy atom. The van der Waals surface area contributed by atoms with Crippen molar-refractivity contribution in [3.8, 4) is 0 Å². The van der Waals surface area contributed by atoms with Crippen molar-refractivity contribution in [3.63, 3.8) is 0 Å². The molecule has 1 aromatic carbocycles. The van der Waals surface area contributed by atoms with E-state index in [0.717, 1.165) is 36.3 Å². The molecule has 7 heteroatoms.